The number of benzene rings is 2. The molecule has 1 amide bonds. The van der Waals surface area contributed by atoms with Crippen molar-refractivity contribution in [3.63, 3.8) is 0 Å². The number of rotatable bonds is 5. The Balaban J connectivity index is 0.000000257. The molecule has 0 aliphatic heterocycles. The second kappa shape index (κ2) is 9.84. The second-order valence-corrected chi connectivity index (χ2v) is 5.12. The first-order valence-electron chi connectivity index (χ1n) is 7.42. The topological polar surface area (TPSA) is 130 Å². The summed E-state index contributed by atoms with van der Waals surface area (Å²) in [5, 5.41) is 19.8. The van der Waals surface area contributed by atoms with Crippen molar-refractivity contribution in [1.29, 1.82) is 0 Å². The molecule has 0 aliphatic carbocycles. The predicted octanol–water partition coefficient (Wildman–Crippen LogP) is 1.86. The molecule has 5 N–H and O–H groups in total. The van der Waals surface area contributed by atoms with Crippen molar-refractivity contribution >= 4 is 17.8 Å². The minimum Gasteiger partial charge on any atom is -0.478 e. The summed E-state index contributed by atoms with van der Waals surface area (Å²) in [6, 6.07) is 12.9. The molecule has 7 nitrogen and oxygen atoms in total. The van der Waals surface area contributed by atoms with E-state index in [1.54, 1.807) is 36.4 Å². The summed E-state index contributed by atoms with van der Waals surface area (Å²) in [5.74, 6) is -1.96. The van der Waals surface area contributed by atoms with Crippen LogP contribution in [0.15, 0.2) is 48.5 Å². The lowest BCUT2D eigenvalue weighted by molar-refractivity contribution is -0.119. The highest BCUT2D eigenvalue weighted by atomic mass is 16.4. The molecule has 0 saturated heterocycles. The van der Waals surface area contributed by atoms with Gasteiger partial charge in [0, 0.05) is 20.0 Å². The van der Waals surface area contributed by atoms with Gasteiger partial charge in [-0.05, 0) is 35.4 Å². The molecule has 0 spiro atoms. The summed E-state index contributed by atoms with van der Waals surface area (Å²) in [6.45, 7) is 2.31. The van der Waals surface area contributed by atoms with E-state index in [0.29, 0.717) is 18.7 Å². The van der Waals surface area contributed by atoms with E-state index in [0.717, 1.165) is 11.1 Å². The molecule has 2 rings (SSSR count). The molecule has 0 heterocycles. The van der Waals surface area contributed by atoms with E-state index < -0.39 is 11.9 Å². The summed E-state index contributed by atoms with van der Waals surface area (Å²) in [5.41, 5.74) is 7.69. The van der Waals surface area contributed by atoms with Gasteiger partial charge in [0.05, 0.1) is 11.1 Å². The lowest BCUT2D eigenvalue weighted by Crippen LogP contribution is -2.18. The lowest BCUT2D eigenvalue weighted by Gasteiger charge is -2.02. The maximum Gasteiger partial charge on any atom is 0.335 e. The summed E-state index contributed by atoms with van der Waals surface area (Å²) in [7, 11) is 0. The van der Waals surface area contributed by atoms with E-state index in [9.17, 15) is 14.4 Å². The van der Waals surface area contributed by atoms with Gasteiger partial charge in [-0.3, -0.25) is 4.79 Å². The van der Waals surface area contributed by atoms with Gasteiger partial charge in [0.25, 0.3) is 0 Å². The SMILES string of the molecule is CC(=O)NCc1ccc(C(=O)O)cc1.NCc1ccc(C(=O)O)cc1. The second-order valence-electron chi connectivity index (χ2n) is 5.12. The van der Waals surface area contributed by atoms with Crippen molar-refractivity contribution in [1.82, 2.24) is 5.32 Å². The Labute approximate surface area is 145 Å². The van der Waals surface area contributed by atoms with Crippen molar-refractivity contribution in [2.75, 3.05) is 0 Å². The average Bonchev–Trinajstić information content (AvgIpc) is 2.60. The van der Waals surface area contributed by atoms with E-state index in [1.165, 1.54) is 19.1 Å². The van der Waals surface area contributed by atoms with Crippen LogP contribution in [-0.2, 0) is 17.9 Å². The summed E-state index contributed by atoms with van der Waals surface area (Å²) >= 11 is 0. The number of nitrogens with one attached hydrogen (secondary N) is 1. The van der Waals surface area contributed by atoms with Crippen molar-refractivity contribution in [3.05, 3.63) is 70.8 Å². The van der Waals surface area contributed by atoms with Crippen LogP contribution in [0.25, 0.3) is 0 Å². The number of carbonyl (C=O) groups is 3. The lowest BCUT2D eigenvalue weighted by atomic mass is 10.1. The van der Waals surface area contributed by atoms with Crippen LogP contribution in [0, 0.1) is 0 Å². The first-order chi connectivity index (χ1) is 11.8. The molecule has 2 aromatic rings. The number of amides is 1. The highest BCUT2D eigenvalue weighted by Crippen LogP contribution is 2.04. The fourth-order valence-electron chi connectivity index (χ4n) is 1.78. The van der Waals surface area contributed by atoms with Gasteiger partial charge in [-0.2, -0.15) is 0 Å². The van der Waals surface area contributed by atoms with Crippen molar-refractivity contribution in [2.24, 2.45) is 5.73 Å². The number of carboxylic acids is 2. The first kappa shape index (κ1) is 19.9. The van der Waals surface area contributed by atoms with Crippen LogP contribution in [0.3, 0.4) is 0 Å². The molecule has 0 bridgehead atoms. The van der Waals surface area contributed by atoms with Gasteiger partial charge in [-0.25, -0.2) is 9.59 Å². The maximum absolute atomic E-state index is 10.6. The van der Waals surface area contributed by atoms with E-state index in [-0.39, 0.29) is 11.5 Å². The summed E-state index contributed by atoms with van der Waals surface area (Å²) < 4.78 is 0. The highest BCUT2D eigenvalue weighted by molar-refractivity contribution is 5.88. The fraction of sp³-hybridized carbons (Fsp3) is 0.167. The molecular formula is C18H20N2O5. The molecular weight excluding hydrogens is 324 g/mol. The largest absolute Gasteiger partial charge is 0.478 e. The van der Waals surface area contributed by atoms with Crippen molar-refractivity contribution in [3.8, 4) is 0 Å². The van der Waals surface area contributed by atoms with Gasteiger partial charge in [-0.15, -0.1) is 0 Å². The molecule has 0 aliphatic rings. The normalized spacial score (nSPS) is 9.52. The number of carbonyl (C=O) groups excluding carboxylic acids is 1. The predicted molar refractivity (Wildman–Crippen MR) is 92.2 cm³/mol. The molecule has 0 saturated carbocycles. The quantitative estimate of drug-likeness (QED) is 0.655. The molecule has 0 atom stereocenters. The van der Waals surface area contributed by atoms with E-state index in [1.807, 2.05) is 0 Å². The van der Waals surface area contributed by atoms with Crippen LogP contribution >= 0.6 is 0 Å². The van der Waals surface area contributed by atoms with E-state index >= 15 is 0 Å². The van der Waals surface area contributed by atoms with Crippen LogP contribution in [0.4, 0.5) is 0 Å². The molecule has 7 heteroatoms. The third-order valence-corrected chi connectivity index (χ3v) is 3.18. The first-order valence-corrected chi connectivity index (χ1v) is 7.42. The van der Waals surface area contributed by atoms with Crippen LogP contribution in [0.1, 0.15) is 38.8 Å². The Bertz CT molecular complexity index is 724. The minimum atomic E-state index is -0.948. The van der Waals surface area contributed by atoms with E-state index in [2.05, 4.69) is 5.32 Å². The number of hydrogen-bond acceptors (Lipinski definition) is 4. The Kier molecular flexibility index (Phi) is 7.81. The highest BCUT2D eigenvalue weighted by Gasteiger charge is 2.01. The van der Waals surface area contributed by atoms with Gasteiger partial charge in [0.1, 0.15) is 0 Å². The van der Waals surface area contributed by atoms with Crippen LogP contribution in [0.2, 0.25) is 0 Å². The maximum atomic E-state index is 10.6. The van der Waals surface area contributed by atoms with Crippen LogP contribution in [0.5, 0.6) is 0 Å². The van der Waals surface area contributed by atoms with Gasteiger partial charge < -0.3 is 21.3 Å². The molecule has 25 heavy (non-hydrogen) atoms. The van der Waals surface area contributed by atoms with Gasteiger partial charge in [-0.1, -0.05) is 24.3 Å². The molecule has 0 aromatic heterocycles. The number of nitrogens with two attached hydrogens (primary N) is 1. The van der Waals surface area contributed by atoms with Gasteiger partial charge in [0.2, 0.25) is 5.91 Å². The number of carboxylic acid groups (broad SMARTS) is 2. The van der Waals surface area contributed by atoms with Gasteiger partial charge in [0.15, 0.2) is 0 Å². The van der Waals surface area contributed by atoms with Crippen molar-refractivity contribution < 1.29 is 24.6 Å². The Morgan fingerprint density at radius 1 is 0.840 bits per heavy atom. The van der Waals surface area contributed by atoms with Crippen LogP contribution in [-0.4, -0.2) is 28.1 Å². The fourth-order valence-corrected chi connectivity index (χ4v) is 1.78. The molecule has 0 radical (unpaired) electrons. The minimum absolute atomic E-state index is 0.104. The Morgan fingerprint density at radius 2 is 1.24 bits per heavy atom. The smallest absolute Gasteiger partial charge is 0.335 e. The van der Waals surface area contributed by atoms with E-state index in [4.69, 9.17) is 15.9 Å². The standard InChI is InChI=1S/C10H11NO3.C8H9NO2/c1-7(12)11-6-8-2-4-9(5-3-8)10(13)14;9-5-6-1-3-7(4-2-6)8(10)11/h2-5H,6H2,1H3,(H,11,12)(H,13,14);1-4H,5,9H2,(H,10,11). The third kappa shape index (κ3) is 7.28. The number of hydrogen-bond donors (Lipinski definition) is 4. The Hall–Kier alpha value is -3.19. The monoisotopic (exact) mass is 344 g/mol. The zero-order chi connectivity index (χ0) is 18.8. The zero-order valence-corrected chi connectivity index (χ0v) is 13.7. The average molecular weight is 344 g/mol. The Morgan fingerprint density at radius 3 is 1.56 bits per heavy atom. The summed E-state index contributed by atoms with van der Waals surface area (Å²) in [4.78, 5) is 31.5. The molecule has 132 valence electrons. The van der Waals surface area contributed by atoms with Crippen LogP contribution < -0.4 is 11.1 Å². The number of aromatic carboxylic acids is 2. The summed E-state index contributed by atoms with van der Waals surface area (Å²) in [6.07, 6.45) is 0. The van der Waals surface area contributed by atoms with Gasteiger partial charge >= 0.3 is 11.9 Å². The third-order valence-electron chi connectivity index (χ3n) is 3.18. The van der Waals surface area contributed by atoms with Crippen molar-refractivity contribution in [2.45, 2.75) is 20.0 Å². The zero-order valence-electron chi connectivity index (χ0n) is 13.7. The molecule has 2 aromatic carbocycles. The molecule has 0 unspecified atom stereocenters. The molecule has 0 fully saturated rings.